The van der Waals surface area contributed by atoms with Crippen molar-refractivity contribution in [2.24, 2.45) is 0 Å². The number of carbonyl (C=O) groups excluding carboxylic acids is 2. The van der Waals surface area contributed by atoms with Gasteiger partial charge in [0, 0.05) is 41.3 Å². The van der Waals surface area contributed by atoms with Crippen LogP contribution in [0, 0.1) is 6.92 Å². The summed E-state index contributed by atoms with van der Waals surface area (Å²) in [6.45, 7) is 4.02. The van der Waals surface area contributed by atoms with Crippen LogP contribution in [-0.4, -0.2) is 24.9 Å². The van der Waals surface area contributed by atoms with Crippen LogP contribution < -0.4 is 15.5 Å². The second-order valence-electron chi connectivity index (χ2n) is 7.55. The Morgan fingerprint density at radius 2 is 1.50 bits per heavy atom. The summed E-state index contributed by atoms with van der Waals surface area (Å²) < 4.78 is 0. The van der Waals surface area contributed by atoms with Crippen LogP contribution in [0.1, 0.15) is 39.1 Å². The molecular weight excluding hydrogens is 374 g/mol. The Balaban J connectivity index is 1.49. The molecule has 5 nitrogen and oxygen atoms in total. The molecular formula is C25H25N3O2. The highest BCUT2D eigenvalue weighted by Gasteiger charge is 2.14. The molecule has 1 aliphatic heterocycles. The number of benzene rings is 3. The van der Waals surface area contributed by atoms with Gasteiger partial charge in [0.2, 0.25) is 0 Å². The molecule has 1 aliphatic rings. The quantitative estimate of drug-likeness (QED) is 0.627. The Labute approximate surface area is 176 Å². The molecule has 0 spiro atoms. The maximum atomic E-state index is 12.8. The van der Waals surface area contributed by atoms with Crippen LogP contribution in [0.2, 0.25) is 0 Å². The van der Waals surface area contributed by atoms with Crippen molar-refractivity contribution >= 4 is 28.9 Å². The summed E-state index contributed by atoms with van der Waals surface area (Å²) >= 11 is 0. The van der Waals surface area contributed by atoms with Gasteiger partial charge in [-0.3, -0.25) is 9.59 Å². The lowest BCUT2D eigenvalue weighted by molar-refractivity contribution is 0.101. The largest absolute Gasteiger partial charge is 0.371 e. The van der Waals surface area contributed by atoms with Crippen molar-refractivity contribution in [3.63, 3.8) is 0 Å². The van der Waals surface area contributed by atoms with Crippen molar-refractivity contribution < 1.29 is 9.59 Å². The van der Waals surface area contributed by atoms with E-state index in [2.05, 4.69) is 21.6 Å². The summed E-state index contributed by atoms with van der Waals surface area (Å²) in [4.78, 5) is 27.6. The number of nitrogens with zero attached hydrogens (tertiary/aromatic N) is 1. The van der Waals surface area contributed by atoms with Gasteiger partial charge in [-0.15, -0.1) is 0 Å². The minimum Gasteiger partial charge on any atom is -0.371 e. The third-order valence-corrected chi connectivity index (χ3v) is 5.36. The summed E-state index contributed by atoms with van der Waals surface area (Å²) in [5.41, 5.74) is 4.49. The Morgan fingerprint density at radius 1 is 0.767 bits per heavy atom. The number of hydrogen-bond acceptors (Lipinski definition) is 3. The van der Waals surface area contributed by atoms with E-state index in [-0.39, 0.29) is 11.8 Å². The van der Waals surface area contributed by atoms with Crippen molar-refractivity contribution in [2.75, 3.05) is 28.6 Å². The van der Waals surface area contributed by atoms with Crippen LogP contribution in [0.3, 0.4) is 0 Å². The van der Waals surface area contributed by atoms with E-state index in [0.717, 1.165) is 30.0 Å². The third-order valence-electron chi connectivity index (χ3n) is 5.36. The molecule has 4 rings (SSSR count). The molecule has 2 N–H and O–H groups in total. The molecule has 30 heavy (non-hydrogen) atoms. The molecule has 3 aromatic carbocycles. The number of amides is 2. The Hall–Kier alpha value is -3.60. The van der Waals surface area contributed by atoms with Gasteiger partial charge in [0.15, 0.2) is 0 Å². The van der Waals surface area contributed by atoms with Crippen LogP contribution in [0.15, 0.2) is 72.8 Å². The minimum atomic E-state index is -0.205. The van der Waals surface area contributed by atoms with Crippen LogP contribution in [0.25, 0.3) is 0 Å². The molecule has 0 atom stereocenters. The highest BCUT2D eigenvalue weighted by atomic mass is 16.2. The summed E-state index contributed by atoms with van der Waals surface area (Å²) in [7, 11) is 0. The molecule has 0 bridgehead atoms. The normalized spacial score (nSPS) is 13.2. The average molecular weight is 399 g/mol. The number of rotatable bonds is 5. The topological polar surface area (TPSA) is 61.4 Å². The molecule has 0 saturated carbocycles. The van der Waals surface area contributed by atoms with Crippen molar-refractivity contribution in [3.8, 4) is 0 Å². The Morgan fingerprint density at radius 3 is 2.27 bits per heavy atom. The predicted octanol–water partition coefficient (Wildman–Crippen LogP) is 5.10. The van der Waals surface area contributed by atoms with E-state index in [1.165, 1.54) is 12.8 Å². The van der Waals surface area contributed by atoms with Gasteiger partial charge in [-0.1, -0.05) is 30.3 Å². The molecule has 0 unspecified atom stereocenters. The Kier molecular flexibility index (Phi) is 5.80. The molecule has 2 amide bonds. The van der Waals surface area contributed by atoms with Gasteiger partial charge in [-0.2, -0.15) is 0 Å². The average Bonchev–Trinajstić information content (AvgIpc) is 3.31. The highest BCUT2D eigenvalue weighted by Crippen LogP contribution is 2.24. The zero-order chi connectivity index (χ0) is 20.9. The van der Waals surface area contributed by atoms with E-state index in [1.54, 1.807) is 24.3 Å². The lowest BCUT2D eigenvalue weighted by Gasteiger charge is -2.18. The van der Waals surface area contributed by atoms with Crippen molar-refractivity contribution in [2.45, 2.75) is 19.8 Å². The Bertz CT molecular complexity index is 1060. The minimum absolute atomic E-state index is 0.199. The van der Waals surface area contributed by atoms with Gasteiger partial charge in [0.1, 0.15) is 0 Å². The number of aryl methyl sites for hydroxylation is 1. The first kappa shape index (κ1) is 19.7. The first-order valence-corrected chi connectivity index (χ1v) is 10.2. The summed E-state index contributed by atoms with van der Waals surface area (Å²) in [5.74, 6) is -0.404. The van der Waals surface area contributed by atoms with Crippen molar-refractivity contribution in [1.29, 1.82) is 0 Å². The van der Waals surface area contributed by atoms with Crippen molar-refractivity contribution in [1.82, 2.24) is 0 Å². The number of hydrogen-bond donors (Lipinski definition) is 2. The predicted molar refractivity (Wildman–Crippen MR) is 121 cm³/mol. The molecule has 0 aliphatic carbocycles. The second kappa shape index (κ2) is 8.82. The lowest BCUT2D eigenvalue weighted by atomic mass is 10.1. The second-order valence-corrected chi connectivity index (χ2v) is 7.55. The van der Waals surface area contributed by atoms with Crippen LogP contribution >= 0.6 is 0 Å². The fraction of sp³-hybridized carbons (Fsp3) is 0.200. The fourth-order valence-corrected chi connectivity index (χ4v) is 3.64. The van der Waals surface area contributed by atoms with Gasteiger partial charge in [0.05, 0.1) is 0 Å². The molecule has 5 heteroatoms. The van der Waals surface area contributed by atoms with Gasteiger partial charge >= 0.3 is 0 Å². The molecule has 152 valence electrons. The van der Waals surface area contributed by atoms with E-state index in [0.29, 0.717) is 16.8 Å². The van der Waals surface area contributed by atoms with Crippen LogP contribution in [-0.2, 0) is 0 Å². The standard InChI is InChI=1S/C25H25N3O2/c1-18-12-13-20(16-23(18)27-24(29)19-8-3-2-4-9-19)25(30)26-21-10-7-11-22(17-21)28-14-5-6-15-28/h2-4,7-13,16-17H,5-6,14-15H2,1H3,(H,26,30)(H,27,29). The number of nitrogens with one attached hydrogen (secondary N) is 2. The van der Waals surface area contributed by atoms with Gasteiger partial charge in [-0.05, 0) is 67.8 Å². The summed E-state index contributed by atoms with van der Waals surface area (Å²) in [6, 6.07) is 22.3. The van der Waals surface area contributed by atoms with E-state index in [9.17, 15) is 9.59 Å². The maximum Gasteiger partial charge on any atom is 0.255 e. The van der Waals surface area contributed by atoms with E-state index >= 15 is 0 Å². The fourth-order valence-electron chi connectivity index (χ4n) is 3.64. The SMILES string of the molecule is Cc1ccc(C(=O)Nc2cccc(N3CCCC3)c2)cc1NC(=O)c1ccccc1. The zero-order valence-electron chi connectivity index (χ0n) is 17.0. The summed E-state index contributed by atoms with van der Waals surface area (Å²) in [5, 5.41) is 5.88. The molecule has 1 saturated heterocycles. The lowest BCUT2D eigenvalue weighted by Crippen LogP contribution is -2.18. The van der Waals surface area contributed by atoms with E-state index in [1.807, 2.05) is 49.4 Å². The molecule has 1 heterocycles. The first-order chi connectivity index (χ1) is 14.6. The monoisotopic (exact) mass is 399 g/mol. The molecule has 0 radical (unpaired) electrons. The molecule has 1 fully saturated rings. The van der Waals surface area contributed by atoms with E-state index < -0.39 is 0 Å². The number of anilines is 3. The van der Waals surface area contributed by atoms with Gasteiger partial charge < -0.3 is 15.5 Å². The van der Waals surface area contributed by atoms with Crippen LogP contribution in [0.5, 0.6) is 0 Å². The molecule has 0 aromatic heterocycles. The van der Waals surface area contributed by atoms with Gasteiger partial charge in [0.25, 0.3) is 11.8 Å². The first-order valence-electron chi connectivity index (χ1n) is 10.2. The van der Waals surface area contributed by atoms with Crippen molar-refractivity contribution in [3.05, 3.63) is 89.5 Å². The third kappa shape index (κ3) is 4.51. The zero-order valence-corrected chi connectivity index (χ0v) is 17.0. The van der Waals surface area contributed by atoms with Gasteiger partial charge in [-0.25, -0.2) is 0 Å². The maximum absolute atomic E-state index is 12.8. The number of carbonyl (C=O) groups is 2. The molecule has 3 aromatic rings. The van der Waals surface area contributed by atoms with Crippen LogP contribution in [0.4, 0.5) is 17.1 Å². The highest BCUT2D eigenvalue weighted by molar-refractivity contribution is 6.07. The summed E-state index contributed by atoms with van der Waals surface area (Å²) in [6.07, 6.45) is 2.41. The van der Waals surface area contributed by atoms with E-state index in [4.69, 9.17) is 0 Å². The smallest absolute Gasteiger partial charge is 0.255 e.